The lowest BCUT2D eigenvalue weighted by molar-refractivity contribution is -0.143. The summed E-state index contributed by atoms with van der Waals surface area (Å²) in [6.07, 6.45) is -10.2. The number of benzene rings is 4. The van der Waals surface area contributed by atoms with Gasteiger partial charge in [0.25, 0.3) is 5.91 Å². The summed E-state index contributed by atoms with van der Waals surface area (Å²) in [5.74, 6) is -0.204. The van der Waals surface area contributed by atoms with Crippen LogP contribution in [0.5, 0.6) is 0 Å². The van der Waals surface area contributed by atoms with Gasteiger partial charge in [-0.2, -0.15) is 26.3 Å². The van der Waals surface area contributed by atoms with Crippen molar-refractivity contribution in [2.24, 2.45) is 0 Å². The Morgan fingerprint density at radius 1 is 0.659 bits per heavy atom. The fourth-order valence-electron chi connectivity index (χ4n) is 4.15. The van der Waals surface area contributed by atoms with Crippen LogP contribution < -0.4 is 16.0 Å². The molecule has 0 radical (unpaired) electrons. The highest BCUT2D eigenvalue weighted by atomic mass is 19.4. The molecule has 3 amide bonds. The van der Waals surface area contributed by atoms with Crippen LogP contribution in [-0.4, -0.2) is 32.6 Å². The van der Waals surface area contributed by atoms with Gasteiger partial charge in [-0.05, 0) is 76.2 Å². The summed E-state index contributed by atoms with van der Waals surface area (Å²) in [5, 5.41) is 20.6. The standard InChI is InChI=1S/C29H19F6N7O2/c30-28(31,32)19-13-20(29(33,34)35)15-22(14-19)37-27(44)38-24-11-10-18(12-23(24)25-39-41-42-40-25)16-6-8-17(9-7-16)26(43)36-21-4-2-1-3-5-21/h1-15H,(H,36,43)(H2,37,38,44)(H,39,40,41,42). The van der Waals surface area contributed by atoms with Gasteiger partial charge in [0.1, 0.15) is 0 Å². The maximum absolute atomic E-state index is 13.2. The zero-order chi connectivity index (χ0) is 31.5. The normalized spacial score (nSPS) is 11.6. The first-order chi connectivity index (χ1) is 20.9. The second-order valence-electron chi connectivity index (χ2n) is 9.28. The van der Waals surface area contributed by atoms with Crippen molar-refractivity contribution in [2.45, 2.75) is 12.4 Å². The molecule has 5 aromatic rings. The first-order valence-electron chi connectivity index (χ1n) is 12.6. The molecular weight excluding hydrogens is 592 g/mol. The summed E-state index contributed by atoms with van der Waals surface area (Å²) in [5.41, 5.74) is -1.21. The number of tetrazole rings is 1. The van der Waals surface area contributed by atoms with Crippen molar-refractivity contribution in [1.29, 1.82) is 0 Å². The number of H-pyrrole nitrogens is 1. The molecule has 0 unspecified atom stereocenters. The molecule has 0 aliphatic rings. The van der Waals surface area contributed by atoms with E-state index in [1.807, 2.05) is 11.4 Å². The van der Waals surface area contributed by atoms with Crippen molar-refractivity contribution in [1.82, 2.24) is 20.6 Å². The first-order valence-corrected chi connectivity index (χ1v) is 12.6. The molecular formula is C29H19F6N7O2. The zero-order valence-corrected chi connectivity index (χ0v) is 22.1. The second-order valence-corrected chi connectivity index (χ2v) is 9.28. The molecule has 4 aromatic carbocycles. The highest BCUT2D eigenvalue weighted by molar-refractivity contribution is 6.05. The van der Waals surface area contributed by atoms with E-state index >= 15 is 0 Å². The van der Waals surface area contributed by atoms with Crippen LogP contribution >= 0.6 is 0 Å². The SMILES string of the molecule is O=C(Nc1cc(C(F)(F)F)cc(C(F)(F)F)c1)Nc1ccc(-c2ccc(C(=O)Nc3ccccc3)cc2)cc1-c1nnn[nH]1. The topological polar surface area (TPSA) is 125 Å². The van der Waals surface area contributed by atoms with Crippen LogP contribution in [0.4, 0.5) is 48.2 Å². The number of carbonyl (C=O) groups excluding carboxylic acids is 2. The van der Waals surface area contributed by atoms with Crippen LogP contribution in [-0.2, 0) is 12.4 Å². The van der Waals surface area contributed by atoms with Gasteiger partial charge in [-0.3, -0.25) is 4.79 Å². The second kappa shape index (κ2) is 11.9. The van der Waals surface area contributed by atoms with Gasteiger partial charge in [-0.1, -0.05) is 36.4 Å². The number of amides is 3. The van der Waals surface area contributed by atoms with Crippen LogP contribution in [0.2, 0.25) is 0 Å². The summed E-state index contributed by atoms with van der Waals surface area (Å²) < 4.78 is 79.3. The molecule has 0 aliphatic heterocycles. The number of aromatic amines is 1. The van der Waals surface area contributed by atoms with Gasteiger partial charge in [0.2, 0.25) is 0 Å². The Morgan fingerprint density at radius 3 is 1.89 bits per heavy atom. The smallest absolute Gasteiger partial charge is 0.322 e. The van der Waals surface area contributed by atoms with E-state index in [2.05, 4.69) is 31.3 Å². The molecule has 0 saturated heterocycles. The number of carbonyl (C=O) groups is 2. The van der Waals surface area contributed by atoms with Gasteiger partial charge < -0.3 is 16.0 Å². The van der Waals surface area contributed by atoms with Gasteiger partial charge in [0.15, 0.2) is 5.82 Å². The highest BCUT2D eigenvalue weighted by Gasteiger charge is 2.37. The predicted molar refractivity (Wildman–Crippen MR) is 149 cm³/mol. The minimum atomic E-state index is -5.08. The predicted octanol–water partition coefficient (Wildman–Crippen LogP) is 7.47. The third-order valence-corrected chi connectivity index (χ3v) is 6.23. The number of nitrogens with zero attached hydrogens (tertiary/aromatic N) is 3. The van der Waals surface area contributed by atoms with Crippen LogP contribution in [0.25, 0.3) is 22.5 Å². The Morgan fingerprint density at radius 2 is 1.30 bits per heavy atom. The summed E-state index contributed by atoms with van der Waals surface area (Å²) in [7, 11) is 0. The fraction of sp³-hybridized carbons (Fsp3) is 0.0690. The molecule has 224 valence electrons. The number of hydrogen-bond acceptors (Lipinski definition) is 5. The molecule has 15 heteroatoms. The number of urea groups is 1. The molecule has 1 aromatic heterocycles. The van der Waals surface area contributed by atoms with Crippen molar-refractivity contribution in [3.05, 3.63) is 108 Å². The first kappa shape index (κ1) is 29.8. The number of anilines is 3. The van der Waals surface area contributed by atoms with E-state index in [9.17, 15) is 35.9 Å². The summed E-state index contributed by atoms with van der Waals surface area (Å²) in [4.78, 5) is 25.3. The van der Waals surface area contributed by atoms with Gasteiger partial charge >= 0.3 is 18.4 Å². The van der Waals surface area contributed by atoms with E-state index in [0.29, 0.717) is 34.5 Å². The number of rotatable bonds is 6. The highest BCUT2D eigenvalue weighted by Crippen LogP contribution is 2.38. The Hall–Kier alpha value is -5.73. The monoisotopic (exact) mass is 611 g/mol. The van der Waals surface area contributed by atoms with E-state index in [1.165, 1.54) is 6.07 Å². The minimum Gasteiger partial charge on any atom is -0.322 e. The molecule has 4 N–H and O–H groups in total. The number of para-hydroxylation sites is 1. The van der Waals surface area contributed by atoms with Crippen LogP contribution in [0.1, 0.15) is 21.5 Å². The molecule has 1 heterocycles. The van der Waals surface area contributed by atoms with Crippen LogP contribution in [0, 0.1) is 0 Å². The third kappa shape index (κ3) is 7.00. The average molecular weight is 612 g/mol. The van der Waals surface area contributed by atoms with Crippen molar-refractivity contribution in [3.8, 4) is 22.5 Å². The maximum atomic E-state index is 13.2. The van der Waals surface area contributed by atoms with E-state index in [0.717, 1.165) is 0 Å². The molecule has 0 fully saturated rings. The lowest BCUT2D eigenvalue weighted by Gasteiger charge is -2.16. The van der Waals surface area contributed by atoms with Crippen molar-refractivity contribution in [2.75, 3.05) is 16.0 Å². The maximum Gasteiger partial charge on any atom is 0.416 e. The Kier molecular flexibility index (Phi) is 8.03. The van der Waals surface area contributed by atoms with Crippen molar-refractivity contribution >= 4 is 29.0 Å². The zero-order valence-electron chi connectivity index (χ0n) is 22.1. The number of aromatic nitrogens is 4. The van der Waals surface area contributed by atoms with E-state index in [-0.39, 0.29) is 29.0 Å². The Bertz CT molecular complexity index is 1760. The quantitative estimate of drug-likeness (QED) is 0.148. The summed E-state index contributed by atoms with van der Waals surface area (Å²) in [6, 6.07) is 19.8. The Balaban J connectivity index is 1.38. The van der Waals surface area contributed by atoms with Crippen LogP contribution in [0.3, 0.4) is 0 Å². The molecule has 44 heavy (non-hydrogen) atoms. The number of alkyl halides is 6. The molecule has 9 nitrogen and oxygen atoms in total. The lowest BCUT2D eigenvalue weighted by Crippen LogP contribution is -2.21. The Labute approximate surface area is 244 Å². The third-order valence-electron chi connectivity index (χ3n) is 6.23. The largest absolute Gasteiger partial charge is 0.416 e. The average Bonchev–Trinajstić information content (AvgIpc) is 3.52. The van der Waals surface area contributed by atoms with Gasteiger partial charge in [0.05, 0.1) is 16.8 Å². The molecule has 0 saturated carbocycles. The molecule has 5 rings (SSSR count). The van der Waals surface area contributed by atoms with Gasteiger partial charge in [-0.15, -0.1) is 5.10 Å². The lowest BCUT2D eigenvalue weighted by atomic mass is 10.00. The molecule has 0 aliphatic carbocycles. The van der Waals surface area contributed by atoms with E-state index in [4.69, 9.17) is 0 Å². The number of nitrogens with one attached hydrogen (secondary N) is 4. The number of hydrogen-bond donors (Lipinski definition) is 4. The van der Waals surface area contributed by atoms with Gasteiger partial charge in [0, 0.05) is 22.5 Å². The van der Waals surface area contributed by atoms with Gasteiger partial charge in [-0.25, -0.2) is 9.89 Å². The summed E-state index contributed by atoms with van der Waals surface area (Å²) in [6.45, 7) is 0. The van der Waals surface area contributed by atoms with E-state index < -0.39 is 35.2 Å². The van der Waals surface area contributed by atoms with Crippen molar-refractivity contribution in [3.63, 3.8) is 0 Å². The molecule has 0 bridgehead atoms. The molecule has 0 spiro atoms. The summed E-state index contributed by atoms with van der Waals surface area (Å²) >= 11 is 0. The minimum absolute atomic E-state index is 0.0426. The van der Waals surface area contributed by atoms with E-state index in [1.54, 1.807) is 60.7 Å². The fourth-order valence-corrected chi connectivity index (χ4v) is 4.15. The number of halogens is 6. The van der Waals surface area contributed by atoms with Crippen LogP contribution in [0.15, 0.2) is 91.0 Å². The van der Waals surface area contributed by atoms with Crippen molar-refractivity contribution < 1.29 is 35.9 Å². The molecule has 0 atom stereocenters.